The minimum absolute atomic E-state index is 0.718. The first-order valence-corrected chi connectivity index (χ1v) is 3.67. The fraction of sp³-hybridized carbons (Fsp3) is 0.750. The molecule has 52 valence electrons. The fourth-order valence-corrected chi connectivity index (χ4v) is 1.35. The summed E-state index contributed by atoms with van der Waals surface area (Å²) in [5.41, 5.74) is 0. The molecule has 0 aromatic rings. The Hall–Kier alpha value is -0.300. The summed E-state index contributed by atoms with van der Waals surface area (Å²) in [6, 6.07) is 0.718. The smallest absolute Gasteiger partial charge is 0.0127 e. The zero-order valence-electron chi connectivity index (χ0n) is 6.22. The van der Waals surface area contributed by atoms with Crippen molar-refractivity contribution in [2.75, 3.05) is 7.05 Å². The van der Waals surface area contributed by atoms with E-state index < -0.39 is 0 Å². The van der Waals surface area contributed by atoms with E-state index in [0.717, 1.165) is 12.0 Å². The van der Waals surface area contributed by atoms with Crippen LogP contribution >= 0.6 is 0 Å². The van der Waals surface area contributed by atoms with Gasteiger partial charge in [0.2, 0.25) is 0 Å². The van der Waals surface area contributed by atoms with Crippen molar-refractivity contribution in [2.45, 2.75) is 25.8 Å². The molecule has 1 aliphatic carbocycles. The van der Waals surface area contributed by atoms with Crippen LogP contribution in [0.5, 0.6) is 0 Å². The lowest BCUT2D eigenvalue weighted by Crippen LogP contribution is -2.32. The molecule has 1 nitrogen and oxygen atoms in total. The van der Waals surface area contributed by atoms with Gasteiger partial charge in [0.05, 0.1) is 0 Å². The Morgan fingerprint density at radius 3 is 2.44 bits per heavy atom. The minimum Gasteiger partial charge on any atom is -0.316 e. The van der Waals surface area contributed by atoms with E-state index in [1.54, 1.807) is 0 Å². The Bertz CT molecular complexity index is 107. The highest BCUT2D eigenvalue weighted by atomic mass is 14.9. The van der Waals surface area contributed by atoms with Crippen molar-refractivity contribution in [2.24, 2.45) is 5.92 Å². The van der Waals surface area contributed by atoms with Gasteiger partial charge in [-0.3, -0.25) is 0 Å². The van der Waals surface area contributed by atoms with Crippen LogP contribution in [-0.4, -0.2) is 13.1 Å². The van der Waals surface area contributed by atoms with E-state index in [9.17, 15) is 0 Å². The van der Waals surface area contributed by atoms with E-state index in [0.29, 0.717) is 0 Å². The third-order valence-electron chi connectivity index (χ3n) is 2.12. The van der Waals surface area contributed by atoms with Gasteiger partial charge in [-0.25, -0.2) is 0 Å². The molecular formula is C8H15N. The van der Waals surface area contributed by atoms with Crippen LogP contribution < -0.4 is 5.32 Å². The zero-order chi connectivity index (χ0) is 6.69. The summed E-state index contributed by atoms with van der Waals surface area (Å²) in [5, 5.41) is 3.30. The third-order valence-corrected chi connectivity index (χ3v) is 2.12. The summed E-state index contributed by atoms with van der Waals surface area (Å²) in [7, 11) is 2.04. The van der Waals surface area contributed by atoms with Crippen LogP contribution in [0.15, 0.2) is 12.2 Å². The third kappa shape index (κ3) is 1.55. The second-order valence-electron chi connectivity index (χ2n) is 2.82. The van der Waals surface area contributed by atoms with Gasteiger partial charge in [-0.2, -0.15) is 0 Å². The molecule has 1 aliphatic rings. The molecule has 0 unspecified atom stereocenters. The second kappa shape index (κ2) is 3.02. The van der Waals surface area contributed by atoms with Crippen molar-refractivity contribution in [1.82, 2.24) is 5.32 Å². The van der Waals surface area contributed by atoms with E-state index in [-0.39, 0.29) is 0 Å². The molecule has 0 aromatic heterocycles. The predicted molar refractivity (Wildman–Crippen MR) is 40.4 cm³/mol. The van der Waals surface area contributed by atoms with Crippen molar-refractivity contribution in [3.8, 4) is 0 Å². The number of hydrogen-bond acceptors (Lipinski definition) is 1. The van der Waals surface area contributed by atoms with Gasteiger partial charge in [0, 0.05) is 6.04 Å². The van der Waals surface area contributed by atoms with Crippen LogP contribution in [0.25, 0.3) is 0 Å². The summed E-state index contributed by atoms with van der Waals surface area (Å²) >= 11 is 0. The molecule has 0 radical (unpaired) electrons. The van der Waals surface area contributed by atoms with Gasteiger partial charge in [-0.15, -0.1) is 0 Å². The summed E-state index contributed by atoms with van der Waals surface area (Å²) in [6.45, 7) is 2.30. The molecule has 1 heteroatoms. The van der Waals surface area contributed by atoms with Crippen molar-refractivity contribution < 1.29 is 0 Å². The van der Waals surface area contributed by atoms with Gasteiger partial charge in [-0.05, 0) is 25.8 Å². The maximum Gasteiger partial charge on any atom is 0.0127 e. The van der Waals surface area contributed by atoms with Gasteiger partial charge < -0.3 is 5.32 Å². The lowest BCUT2D eigenvalue weighted by atomic mass is 9.91. The summed E-state index contributed by atoms with van der Waals surface area (Å²) < 4.78 is 0. The molecule has 0 amide bonds. The molecule has 0 spiro atoms. The topological polar surface area (TPSA) is 12.0 Å². The Labute approximate surface area is 57.1 Å². The molecule has 0 heterocycles. The number of hydrogen-bond donors (Lipinski definition) is 1. The Morgan fingerprint density at radius 2 is 2.00 bits per heavy atom. The first kappa shape index (κ1) is 6.81. The van der Waals surface area contributed by atoms with Crippen molar-refractivity contribution in [3.63, 3.8) is 0 Å². The Morgan fingerprint density at radius 1 is 1.33 bits per heavy atom. The molecule has 9 heavy (non-hydrogen) atoms. The lowest BCUT2D eigenvalue weighted by molar-refractivity contribution is 0.391. The van der Waals surface area contributed by atoms with Crippen LogP contribution in [0.1, 0.15) is 19.8 Å². The number of nitrogens with one attached hydrogen (secondary N) is 1. The molecule has 0 bridgehead atoms. The molecule has 2 atom stereocenters. The van der Waals surface area contributed by atoms with E-state index in [4.69, 9.17) is 0 Å². The number of allylic oxidation sites excluding steroid dienone is 1. The van der Waals surface area contributed by atoms with E-state index >= 15 is 0 Å². The Kier molecular flexibility index (Phi) is 2.29. The van der Waals surface area contributed by atoms with Gasteiger partial charge >= 0.3 is 0 Å². The van der Waals surface area contributed by atoms with Crippen LogP contribution in [0.4, 0.5) is 0 Å². The monoisotopic (exact) mass is 125 g/mol. The molecular weight excluding hydrogens is 110 g/mol. The van der Waals surface area contributed by atoms with Crippen molar-refractivity contribution >= 4 is 0 Å². The van der Waals surface area contributed by atoms with Crippen LogP contribution in [0.3, 0.4) is 0 Å². The first-order valence-electron chi connectivity index (χ1n) is 3.67. The normalized spacial score (nSPS) is 34.9. The maximum atomic E-state index is 3.30. The van der Waals surface area contributed by atoms with Crippen LogP contribution in [0.2, 0.25) is 0 Å². The lowest BCUT2D eigenvalue weighted by Gasteiger charge is -2.24. The Balaban J connectivity index is 2.43. The minimum atomic E-state index is 0.718. The average Bonchev–Trinajstić information content (AvgIpc) is 1.89. The van der Waals surface area contributed by atoms with Crippen molar-refractivity contribution in [1.29, 1.82) is 0 Å². The molecule has 0 aromatic carbocycles. The standard InChI is InChI=1S/C8H15N/c1-7-5-3-4-6-8(7)9-2/h3-4,7-9H,5-6H2,1-2H3/t7-,8+/m0/s1. The van der Waals surface area contributed by atoms with Crippen LogP contribution in [0, 0.1) is 5.92 Å². The van der Waals surface area contributed by atoms with E-state index in [1.165, 1.54) is 12.8 Å². The SMILES string of the molecule is CN[C@@H]1CC=CC[C@@H]1C. The molecule has 1 rings (SSSR count). The van der Waals surface area contributed by atoms with E-state index in [1.807, 2.05) is 7.05 Å². The quantitative estimate of drug-likeness (QED) is 0.524. The van der Waals surface area contributed by atoms with Gasteiger partial charge in [0.1, 0.15) is 0 Å². The highest BCUT2D eigenvalue weighted by Gasteiger charge is 2.14. The van der Waals surface area contributed by atoms with Gasteiger partial charge in [-0.1, -0.05) is 19.1 Å². The fourth-order valence-electron chi connectivity index (χ4n) is 1.35. The molecule has 0 saturated carbocycles. The van der Waals surface area contributed by atoms with Gasteiger partial charge in [0.15, 0.2) is 0 Å². The predicted octanol–water partition coefficient (Wildman–Crippen LogP) is 1.56. The maximum absolute atomic E-state index is 3.30. The molecule has 1 N–H and O–H groups in total. The highest BCUT2D eigenvalue weighted by molar-refractivity contribution is 4.95. The zero-order valence-corrected chi connectivity index (χ0v) is 6.22. The van der Waals surface area contributed by atoms with Gasteiger partial charge in [0.25, 0.3) is 0 Å². The molecule has 0 saturated heterocycles. The largest absolute Gasteiger partial charge is 0.316 e. The summed E-state index contributed by atoms with van der Waals surface area (Å²) in [4.78, 5) is 0. The molecule has 0 fully saturated rings. The molecule has 0 aliphatic heterocycles. The highest BCUT2D eigenvalue weighted by Crippen LogP contribution is 2.17. The summed E-state index contributed by atoms with van der Waals surface area (Å²) in [6.07, 6.45) is 6.99. The number of rotatable bonds is 1. The van der Waals surface area contributed by atoms with E-state index in [2.05, 4.69) is 24.4 Å². The average molecular weight is 125 g/mol. The second-order valence-corrected chi connectivity index (χ2v) is 2.82. The first-order chi connectivity index (χ1) is 4.34. The summed E-state index contributed by atoms with van der Waals surface area (Å²) in [5.74, 6) is 0.819. The van der Waals surface area contributed by atoms with Crippen LogP contribution in [-0.2, 0) is 0 Å². The van der Waals surface area contributed by atoms with Crippen molar-refractivity contribution in [3.05, 3.63) is 12.2 Å².